The van der Waals surface area contributed by atoms with Crippen LogP contribution < -0.4 is 5.32 Å². The largest absolute Gasteiger partial charge is 0.305 e. The van der Waals surface area contributed by atoms with Crippen LogP contribution >= 0.6 is 11.6 Å². The lowest BCUT2D eigenvalue weighted by Gasteiger charge is -2.26. The fourth-order valence-corrected chi connectivity index (χ4v) is 3.12. The quantitative estimate of drug-likeness (QED) is 0.865. The fourth-order valence-electron chi connectivity index (χ4n) is 2.89. The van der Waals surface area contributed by atoms with E-state index in [1.165, 1.54) is 30.4 Å². The van der Waals surface area contributed by atoms with E-state index in [1.54, 1.807) is 6.20 Å². The molecule has 0 bridgehead atoms. The molecule has 1 unspecified atom stereocenters. The number of halogens is 1. The second kappa shape index (κ2) is 6.59. The minimum atomic E-state index is 0.0548. The van der Waals surface area contributed by atoms with Crippen LogP contribution in [0.3, 0.4) is 0 Å². The molecular formula is C18H21ClN2. The third-order valence-electron chi connectivity index (χ3n) is 4.31. The minimum absolute atomic E-state index is 0.0548. The Morgan fingerprint density at radius 2 is 2.00 bits per heavy atom. The van der Waals surface area contributed by atoms with Crippen molar-refractivity contribution in [3.05, 3.63) is 64.4 Å². The Labute approximate surface area is 131 Å². The molecule has 2 aromatic rings. The number of benzene rings is 1. The van der Waals surface area contributed by atoms with Crippen molar-refractivity contribution < 1.29 is 0 Å². The van der Waals surface area contributed by atoms with E-state index in [0.29, 0.717) is 5.02 Å². The molecule has 3 heteroatoms. The van der Waals surface area contributed by atoms with Gasteiger partial charge in [0.15, 0.2) is 0 Å². The maximum atomic E-state index is 6.32. The molecule has 0 spiro atoms. The van der Waals surface area contributed by atoms with E-state index in [2.05, 4.69) is 41.5 Å². The van der Waals surface area contributed by atoms with Crippen LogP contribution in [0.15, 0.2) is 42.6 Å². The monoisotopic (exact) mass is 300 g/mol. The molecule has 1 aliphatic rings. The summed E-state index contributed by atoms with van der Waals surface area (Å²) < 4.78 is 0. The van der Waals surface area contributed by atoms with Gasteiger partial charge in [-0.3, -0.25) is 4.98 Å². The standard InChI is InChI=1S/C18H21ClN2/c1-2-20-17(18-16(19)7-4-12-21-18)15-10-8-14(9-11-15)13-5-3-6-13/h4,7-13,17,20H,2-3,5-6H2,1H3. The molecule has 1 atom stereocenters. The number of aromatic nitrogens is 1. The highest BCUT2D eigenvalue weighted by atomic mass is 35.5. The molecule has 1 aromatic heterocycles. The molecule has 1 aliphatic carbocycles. The Balaban J connectivity index is 1.88. The van der Waals surface area contributed by atoms with Gasteiger partial charge in [-0.15, -0.1) is 0 Å². The van der Waals surface area contributed by atoms with E-state index >= 15 is 0 Å². The van der Waals surface area contributed by atoms with Crippen molar-refractivity contribution in [2.45, 2.75) is 38.1 Å². The number of pyridine rings is 1. The summed E-state index contributed by atoms with van der Waals surface area (Å²) in [6.07, 6.45) is 5.84. The predicted molar refractivity (Wildman–Crippen MR) is 87.8 cm³/mol. The van der Waals surface area contributed by atoms with Crippen molar-refractivity contribution in [2.75, 3.05) is 6.54 Å². The topological polar surface area (TPSA) is 24.9 Å². The molecule has 1 aromatic carbocycles. The molecule has 110 valence electrons. The van der Waals surface area contributed by atoms with Crippen LogP contribution in [-0.2, 0) is 0 Å². The van der Waals surface area contributed by atoms with Crippen LogP contribution in [0.25, 0.3) is 0 Å². The van der Waals surface area contributed by atoms with Crippen molar-refractivity contribution in [2.24, 2.45) is 0 Å². The average molecular weight is 301 g/mol. The van der Waals surface area contributed by atoms with Crippen molar-refractivity contribution in [3.63, 3.8) is 0 Å². The molecular weight excluding hydrogens is 280 g/mol. The third kappa shape index (κ3) is 3.12. The first kappa shape index (κ1) is 14.6. The van der Waals surface area contributed by atoms with Gasteiger partial charge in [0, 0.05) is 6.20 Å². The van der Waals surface area contributed by atoms with Gasteiger partial charge < -0.3 is 5.32 Å². The van der Waals surface area contributed by atoms with Crippen molar-refractivity contribution in [3.8, 4) is 0 Å². The number of nitrogens with zero attached hydrogens (tertiary/aromatic N) is 1. The molecule has 21 heavy (non-hydrogen) atoms. The van der Waals surface area contributed by atoms with E-state index in [4.69, 9.17) is 11.6 Å². The van der Waals surface area contributed by atoms with Gasteiger partial charge in [-0.1, -0.05) is 49.2 Å². The summed E-state index contributed by atoms with van der Waals surface area (Å²) in [5, 5.41) is 4.20. The lowest BCUT2D eigenvalue weighted by atomic mass is 9.80. The van der Waals surface area contributed by atoms with Gasteiger partial charge in [0.2, 0.25) is 0 Å². The Morgan fingerprint density at radius 3 is 2.57 bits per heavy atom. The van der Waals surface area contributed by atoms with E-state index in [1.807, 2.05) is 12.1 Å². The van der Waals surface area contributed by atoms with Crippen molar-refractivity contribution >= 4 is 11.6 Å². The van der Waals surface area contributed by atoms with Crippen molar-refractivity contribution in [1.29, 1.82) is 0 Å². The Morgan fingerprint density at radius 1 is 1.24 bits per heavy atom. The van der Waals surface area contributed by atoms with Gasteiger partial charge in [-0.05, 0) is 48.6 Å². The van der Waals surface area contributed by atoms with Gasteiger partial charge in [0.05, 0.1) is 16.8 Å². The van der Waals surface area contributed by atoms with E-state index < -0.39 is 0 Å². The summed E-state index contributed by atoms with van der Waals surface area (Å²) >= 11 is 6.32. The van der Waals surface area contributed by atoms with E-state index in [-0.39, 0.29) is 6.04 Å². The molecule has 2 nitrogen and oxygen atoms in total. The Kier molecular flexibility index (Phi) is 4.57. The van der Waals surface area contributed by atoms with Gasteiger partial charge in [-0.2, -0.15) is 0 Å². The molecule has 0 amide bonds. The lowest BCUT2D eigenvalue weighted by molar-refractivity contribution is 0.419. The van der Waals surface area contributed by atoms with Crippen LogP contribution in [0.4, 0.5) is 0 Å². The molecule has 1 N–H and O–H groups in total. The number of rotatable bonds is 5. The SMILES string of the molecule is CCNC(c1ccc(C2CCC2)cc1)c1ncccc1Cl. The maximum Gasteiger partial charge on any atom is 0.0804 e. The number of nitrogens with one attached hydrogen (secondary N) is 1. The number of hydrogen-bond acceptors (Lipinski definition) is 2. The zero-order valence-electron chi connectivity index (χ0n) is 12.3. The van der Waals surface area contributed by atoms with E-state index in [0.717, 1.165) is 18.2 Å². The average Bonchev–Trinajstić information content (AvgIpc) is 2.45. The molecule has 3 rings (SSSR count). The second-order valence-corrected chi connectivity index (χ2v) is 6.06. The van der Waals surface area contributed by atoms with E-state index in [9.17, 15) is 0 Å². The molecule has 0 aliphatic heterocycles. The molecule has 1 heterocycles. The molecule has 1 fully saturated rings. The fraction of sp³-hybridized carbons (Fsp3) is 0.389. The van der Waals surface area contributed by atoms with Crippen LogP contribution in [-0.4, -0.2) is 11.5 Å². The highest BCUT2D eigenvalue weighted by Crippen LogP contribution is 2.37. The summed E-state index contributed by atoms with van der Waals surface area (Å²) in [4.78, 5) is 4.46. The van der Waals surface area contributed by atoms with Crippen LogP contribution in [0.2, 0.25) is 5.02 Å². The van der Waals surface area contributed by atoms with Crippen LogP contribution in [0, 0.1) is 0 Å². The summed E-state index contributed by atoms with van der Waals surface area (Å²) in [7, 11) is 0. The zero-order valence-corrected chi connectivity index (χ0v) is 13.1. The minimum Gasteiger partial charge on any atom is -0.305 e. The number of hydrogen-bond donors (Lipinski definition) is 1. The first-order valence-corrected chi connectivity index (χ1v) is 8.11. The first-order valence-electron chi connectivity index (χ1n) is 7.73. The second-order valence-electron chi connectivity index (χ2n) is 5.66. The molecule has 0 radical (unpaired) electrons. The molecule has 1 saturated carbocycles. The lowest BCUT2D eigenvalue weighted by Crippen LogP contribution is -2.23. The zero-order chi connectivity index (χ0) is 14.7. The normalized spacial score (nSPS) is 16.5. The highest BCUT2D eigenvalue weighted by molar-refractivity contribution is 6.31. The Bertz CT molecular complexity index is 590. The van der Waals surface area contributed by atoms with Crippen molar-refractivity contribution in [1.82, 2.24) is 10.3 Å². The maximum absolute atomic E-state index is 6.32. The summed E-state index contributed by atoms with van der Waals surface area (Å²) in [6.45, 7) is 2.98. The van der Waals surface area contributed by atoms with Gasteiger partial charge in [-0.25, -0.2) is 0 Å². The Hall–Kier alpha value is -1.38. The van der Waals surface area contributed by atoms with Gasteiger partial charge in [0.25, 0.3) is 0 Å². The molecule has 0 saturated heterocycles. The van der Waals surface area contributed by atoms with Crippen LogP contribution in [0.1, 0.15) is 55.0 Å². The predicted octanol–water partition coefficient (Wildman–Crippen LogP) is 4.70. The first-order chi connectivity index (χ1) is 10.3. The third-order valence-corrected chi connectivity index (χ3v) is 4.63. The summed E-state index contributed by atoms with van der Waals surface area (Å²) in [5.74, 6) is 0.773. The van der Waals surface area contributed by atoms with Gasteiger partial charge in [0.1, 0.15) is 0 Å². The smallest absolute Gasteiger partial charge is 0.0804 e. The highest BCUT2D eigenvalue weighted by Gasteiger charge is 2.21. The van der Waals surface area contributed by atoms with Crippen LogP contribution in [0.5, 0.6) is 0 Å². The summed E-state index contributed by atoms with van der Waals surface area (Å²) in [6, 6.07) is 12.8. The summed E-state index contributed by atoms with van der Waals surface area (Å²) in [5.41, 5.74) is 3.59. The van der Waals surface area contributed by atoms with Gasteiger partial charge >= 0.3 is 0 Å².